The summed E-state index contributed by atoms with van der Waals surface area (Å²) >= 11 is 0. The van der Waals surface area contributed by atoms with Crippen LogP contribution in [0.2, 0.25) is 0 Å². The minimum Gasteiger partial charge on any atom is -0.497 e. The molecule has 2 rings (SSSR count). The van der Waals surface area contributed by atoms with E-state index in [-0.39, 0.29) is 0 Å². The Balaban J connectivity index is 1.88. The highest BCUT2D eigenvalue weighted by atomic mass is 16.5. The van der Waals surface area contributed by atoms with Crippen molar-refractivity contribution in [2.24, 2.45) is 0 Å². The maximum absolute atomic E-state index is 6.01. The molecule has 0 aromatic heterocycles. The van der Waals surface area contributed by atoms with Gasteiger partial charge in [-0.1, -0.05) is 19.4 Å². The van der Waals surface area contributed by atoms with E-state index in [2.05, 4.69) is 18.3 Å². The average Bonchev–Trinajstić information content (AvgIpc) is 2.42. The molecule has 1 aliphatic rings. The van der Waals surface area contributed by atoms with Crippen LogP contribution in [0, 0.1) is 0 Å². The number of nitrogens with one attached hydrogen (secondary N) is 1. The van der Waals surface area contributed by atoms with Gasteiger partial charge in [-0.2, -0.15) is 0 Å². The van der Waals surface area contributed by atoms with E-state index in [1.54, 1.807) is 7.11 Å². The Morgan fingerprint density at radius 1 is 1.44 bits per heavy atom. The van der Waals surface area contributed by atoms with Crippen LogP contribution >= 0.6 is 0 Å². The average molecular weight is 249 g/mol. The number of hydrogen-bond acceptors (Lipinski definition) is 3. The Morgan fingerprint density at radius 3 is 3.11 bits per heavy atom. The fraction of sp³-hybridized carbons (Fsp3) is 0.600. The van der Waals surface area contributed by atoms with Crippen molar-refractivity contribution in [3.05, 3.63) is 23.8 Å². The minimum atomic E-state index is 0.293. The highest BCUT2D eigenvalue weighted by Gasteiger charge is 2.19. The second kappa shape index (κ2) is 6.64. The van der Waals surface area contributed by atoms with Crippen molar-refractivity contribution in [2.75, 3.05) is 20.2 Å². The number of benzene rings is 1. The van der Waals surface area contributed by atoms with Crippen LogP contribution in [0.5, 0.6) is 11.5 Å². The summed E-state index contributed by atoms with van der Waals surface area (Å²) in [5.41, 5.74) is 1.29. The number of methoxy groups -OCH3 is 1. The van der Waals surface area contributed by atoms with E-state index < -0.39 is 0 Å². The third kappa shape index (κ3) is 3.39. The summed E-state index contributed by atoms with van der Waals surface area (Å²) in [5, 5.41) is 3.46. The smallest absolute Gasteiger partial charge is 0.126 e. The Morgan fingerprint density at radius 2 is 2.33 bits per heavy atom. The molecular weight excluding hydrogens is 226 g/mol. The number of fused-ring (bicyclic) bond motifs is 1. The van der Waals surface area contributed by atoms with Crippen LogP contribution in [0.15, 0.2) is 18.2 Å². The highest BCUT2D eigenvalue weighted by Crippen LogP contribution is 2.30. The normalized spacial score (nSPS) is 18.0. The standard InChI is InChI=1S/C15H23NO2/c1-3-4-9-16-11-14-8-6-12-5-7-13(17-2)10-15(12)18-14/h5,7,10,14,16H,3-4,6,8-9,11H2,1-2H3. The minimum absolute atomic E-state index is 0.293. The van der Waals surface area contributed by atoms with Crippen molar-refractivity contribution >= 4 is 0 Å². The quantitative estimate of drug-likeness (QED) is 0.786. The van der Waals surface area contributed by atoms with E-state index in [0.717, 1.165) is 37.4 Å². The molecule has 1 unspecified atom stereocenters. The summed E-state index contributed by atoms with van der Waals surface area (Å²) in [6.45, 7) is 4.24. The van der Waals surface area contributed by atoms with Crippen LogP contribution < -0.4 is 14.8 Å². The molecule has 0 fully saturated rings. The zero-order valence-electron chi connectivity index (χ0n) is 11.4. The van der Waals surface area contributed by atoms with Crippen molar-refractivity contribution in [3.63, 3.8) is 0 Å². The van der Waals surface area contributed by atoms with E-state index in [9.17, 15) is 0 Å². The Kier molecular flexibility index (Phi) is 4.88. The molecule has 1 N–H and O–H groups in total. The molecule has 3 heteroatoms. The lowest BCUT2D eigenvalue weighted by molar-refractivity contribution is 0.170. The molecule has 0 saturated heterocycles. The molecule has 0 aliphatic carbocycles. The molecule has 1 aromatic rings. The first-order chi connectivity index (χ1) is 8.83. The van der Waals surface area contributed by atoms with E-state index in [0.29, 0.717) is 6.10 Å². The molecule has 0 amide bonds. The molecule has 1 heterocycles. The number of hydrogen-bond donors (Lipinski definition) is 1. The van der Waals surface area contributed by atoms with Crippen molar-refractivity contribution in [1.29, 1.82) is 0 Å². The van der Waals surface area contributed by atoms with Gasteiger partial charge in [0.05, 0.1) is 7.11 Å². The fourth-order valence-corrected chi connectivity index (χ4v) is 2.24. The molecule has 1 aliphatic heterocycles. The van der Waals surface area contributed by atoms with Gasteiger partial charge in [0.15, 0.2) is 0 Å². The molecule has 0 saturated carbocycles. The highest BCUT2D eigenvalue weighted by molar-refractivity contribution is 5.42. The van der Waals surface area contributed by atoms with Gasteiger partial charge >= 0.3 is 0 Å². The fourth-order valence-electron chi connectivity index (χ4n) is 2.24. The van der Waals surface area contributed by atoms with Crippen LogP contribution in [-0.2, 0) is 6.42 Å². The first kappa shape index (κ1) is 13.2. The van der Waals surface area contributed by atoms with Gasteiger partial charge in [0, 0.05) is 12.6 Å². The molecule has 0 radical (unpaired) electrons. The van der Waals surface area contributed by atoms with E-state index in [1.165, 1.54) is 18.4 Å². The largest absolute Gasteiger partial charge is 0.497 e. The number of unbranched alkanes of at least 4 members (excludes halogenated alkanes) is 1. The first-order valence-electron chi connectivity index (χ1n) is 6.87. The molecule has 18 heavy (non-hydrogen) atoms. The summed E-state index contributed by atoms with van der Waals surface area (Å²) in [5.74, 6) is 1.86. The van der Waals surface area contributed by atoms with Gasteiger partial charge in [0.1, 0.15) is 17.6 Å². The maximum atomic E-state index is 6.01. The van der Waals surface area contributed by atoms with Crippen molar-refractivity contribution < 1.29 is 9.47 Å². The van der Waals surface area contributed by atoms with E-state index in [1.807, 2.05) is 12.1 Å². The summed E-state index contributed by atoms with van der Waals surface area (Å²) in [6, 6.07) is 6.10. The van der Waals surface area contributed by atoms with Gasteiger partial charge in [-0.15, -0.1) is 0 Å². The second-order valence-corrected chi connectivity index (χ2v) is 4.81. The van der Waals surface area contributed by atoms with Gasteiger partial charge in [0.2, 0.25) is 0 Å². The molecule has 3 nitrogen and oxygen atoms in total. The lowest BCUT2D eigenvalue weighted by Gasteiger charge is -2.26. The predicted octanol–water partition coefficient (Wildman–Crippen LogP) is 2.78. The topological polar surface area (TPSA) is 30.5 Å². The molecular formula is C15H23NO2. The third-order valence-corrected chi connectivity index (χ3v) is 3.38. The van der Waals surface area contributed by atoms with Gasteiger partial charge in [-0.3, -0.25) is 0 Å². The summed E-state index contributed by atoms with van der Waals surface area (Å²) in [7, 11) is 1.69. The summed E-state index contributed by atoms with van der Waals surface area (Å²) in [6.07, 6.45) is 4.95. The Hall–Kier alpha value is -1.22. The third-order valence-electron chi connectivity index (χ3n) is 3.38. The summed E-state index contributed by atoms with van der Waals surface area (Å²) in [4.78, 5) is 0. The zero-order valence-corrected chi connectivity index (χ0v) is 11.4. The van der Waals surface area contributed by atoms with Crippen LogP contribution in [0.3, 0.4) is 0 Å². The van der Waals surface area contributed by atoms with Gasteiger partial charge < -0.3 is 14.8 Å². The molecule has 0 bridgehead atoms. The molecule has 0 spiro atoms. The predicted molar refractivity (Wildman–Crippen MR) is 73.5 cm³/mol. The lowest BCUT2D eigenvalue weighted by atomic mass is 10.0. The zero-order chi connectivity index (χ0) is 12.8. The Labute approximate surface area is 109 Å². The number of rotatable bonds is 6. The van der Waals surface area contributed by atoms with Gasteiger partial charge in [-0.25, -0.2) is 0 Å². The molecule has 1 atom stereocenters. The van der Waals surface area contributed by atoms with Crippen molar-refractivity contribution in [1.82, 2.24) is 5.32 Å². The van der Waals surface area contributed by atoms with E-state index >= 15 is 0 Å². The summed E-state index contributed by atoms with van der Waals surface area (Å²) < 4.78 is 11.2. The lowest BCUT2D eigenvalue weighted by Crippen LogP contribution is -2.34. The van der Waals surface area contributed by atoms with Gasteiger partial charge in [0.25, 0.3) is 0 Å². The monoisotopic (exact) mass is 249 g/mol. The van der Waals surface area contributed by atoms with Crippen LogP contribution in [0.25, 0.3) is 0 Å². The van der Waals surface area contributed by atoms with Crippen LogP contribution in [0.1, 0.15) is 31.7 Å². The Bertz CT molecular complexity index is 379. The second-order valence-electron chi connectivity index (χ2n) is 4.81. The van der Waals surface area contributed by atoms with Crippen molar-refractivity contribution in [3.8, 4) is 11.5 Å². The van der Waals surface area contributed by atoms with E-state index in [4.69, 9.17) is 9.47 Å². The maximum Gasteiger partial charge on any atom is 0.126 e. The SMILES string of the molecule is CCCCNCC1CCc2ccc(OC)cc2O1. The molecule has 1 aromatic carbocycles. The molecule has 100 valence electrons. The van der Waals surface area contributed by atoms with Crippen LogP contribution in [0.4, 0.5) is 0 Å². The number of aryl methyl sites for hydroxylation is 1. The number of ether oxygens (including phenoxy) is 2. The van der Waals surface area contributed by atoms with Gasteiger partial charge in [-0.05, 0) is 37.4 Å². The first-order valence-corrected chi connectivity index (χ1v) is 6.87. The van der Waals surface area contributed by atoms with Crippen molar-refractivity contribution in [2.45, 2.75) is 38.7 Å². The van der Waals surface area contributed by atoms with Crippen LogP contribution in [-0.4, -0.2) is 26.3 Å².